The van der Waals surface area contributed by atoms with E-state index in [0.717, 1.165) is 42.2 Å². The minimum absolute atomic E-state index is 0.527. The Labute approximate surface area is 148 Å². The van der Waals surface area contributed by atoms with E-state index in [0.29, 0.717) is 11.6 Å². The molecule has 0 bridgehead atoms. The molecular weight excluding hydrogens is 330 g/mol. The van der Waals surface area contributed by atoms with Crippen molar-refractivity contribution < 1.29 is 4.52 Å². The van der Waals surface area contributed by atoms with Gasteiger partial charge in [-0.25, -0.2) is 15.0 Å². The zero-order valence-corrected chi connectivity index (χ0v) is 13.8. The molecule has 0 aliphatic carbocycles. The van der Waals surface area contributed by atoms with Crippen LogP contribution in [0.4, 0.5) is 11.6 Å². The molecule has 0 atom stereocenters. The molecule has 8 heteroatoms. The van der Waals surface area contributed by atoms with Crippen molar-refractivity contribution in [2.75, 3.05) is 5.32 Å². The van der Waals surface area contributed by atoms with Crippen molar-refractivity contribution >= 4 is 11.6 Å². The van der Waals surface area contributed by atoms with E-state index < -0.39 is 0 Å². The maximum absolute atomic E-state index is 4.90. The fourth-order valence-electron chi connectivity index (χ4n) is 3.11. The first-order valence-corrected chi connectivity index (χ1v) is 8.40. The quantitative estimate of drug-likeness (QED) is 0.607. The molecule has 4 aromatic rings. The predicted molar refractivity (Wildman–Crippen MR) is 94.6 cm³/mol. The fourth-order valence-corrected chi connectivity index (χ4v) is 3.11. The average molecular weight is 345 g/mol. The van der Waals surface area contributed by atoms with Crippen molar-refractivity contribution in [2.45, 2.75) is 19.4 Å². The second-order valence-electron chi connectivity index (χ2n) is 6.01. The number of aromatic nitrogens is 6. The molecule has 1 N–H and O–H groups in total. The molecule has 8 nitrogen and oxygen atoms in total. The van der Waals surface area contributed by atoms with Crippen molar-refractivity contribution in [1.29, 1.82) is 0 Å². The van der Waals surface area contributed by atoms with Crippen LogP contribution >= 0.6 is 0 Å². The van der Waals surface area contributed by atoms with Crippen LogP contribution in [-0.2, 0) is 13.0 Å². The lowest BCUT2D eigenvalue weighted by atomic mass is 10.2. The van der Waals surface area contributed by atoms with Gasteiger partial charge in [0.15, 0.2) is 0 Å². The summed E-state index contributed by atoms with van der Waals surface area (Å²) in [6.07, 6.45) is 7.22. The highest BCUT2D eigenvalue weighted by atomic mass is 16.5. The van der Waals surface area contributed by atoms with Crippen LogP contribution in [-0.4, -0.2) is 29.9 Å². The molecule has 0 aromatic carbocycles. The summed E-state index contributed by atoms with van der Waals surface area (Å²) in [5.41, 5.74) is 5.07. The highest BCUT2D eigenvalue weighted by Gasteiger charge is 2.17. The molecule has 26 heavy (non-hydrogen) atoms. The van der Waals surface area contributed by atoms with Crippen molar-refractivity contribution in [3.63, 3.8) is 0 Å². The second-order valence-corrected chi connectivity index (χ2v) is 6.01. The van der Waals surface area contributed by atoms with Crippen molar-refractivity contribution in [2.24, 2.45) is 0 Å². The summed E-state index contributed by atoms with van der Waals surface area (Å²) in [5, 5.41) is 11.6. The Morgan fingerprint density at radius 1 is 1.00 bits per heavy atom. The molecule has 5 heterocycles. The molecule has 1 aliphatic heterocycles. The third-order valence-corrected chi connectivity index (χ3v) is 4.35. The van der Waals surface area contributed by atoms with Gasteiger partial charge in [0.2, 0.25) is 5.95 Å². The topological polar surface area (TPSA) is 94.5 Å². The molecule has 0 unspecified atom stereocenters. The molecule has 0 saturated heterocycles. The Hall–Kier alpha value is -3.55. The fraction of sp³-hybridized carbons (Fsp3) is 0.167. The number of rotatable bonds is 4. The number of nitrogens with zero attached hydrogens (tertiary/aromatic N) is 6. The first-order valence-electron chi connectivity index (χ1n) is 8.40. The van der Waals surface area contributed by atoms with Gasteiger partial charge in [0, 0.05) is 18.8 Å². The lowest BCUT2D eigenvalue weighted by Crippen LogP contribution is -2.00. The van der Waals surface area contributed by atoms with Crippen LogP contribution in [0.2, 0.25) is 0 Å². The second kappa shape index (κ2) is 6.07. The van der Waals surface area contributed by atoms with E-state index in [4.69, 9.17) is 4.52 Å². The van der Waals surface area contributed by atoms with E-state index in [1.807, 2.05) is 35.1 Å². The van der Waals surface area contributed by atoms with Gasteiger partial charge in [-0.1, -0.05) is 11.2 Å². The number of anilines is 2. The third-order valence-electron chi connectivity index (χ3n) is 4.35. The van der Waals surface area contributed by atoms with Gasteiger partial charge in [-0.2, -0.15) is 5.10 Å². The standard InChI is InChI=1S/C18H15N7O/c1-3-12(21-13(4-1)15-7-10-26-24-15)14-6-8-19-18(22-14)23-16-11-20-25-9-2-5-17(16)25/h1,3-4,6-8,10-11H,2,5,9H2,(H,19,22,23). The number of nitrogens with one attached hydrogen (secondary N) is 1. The van der Waals surface area contributed by atoms with Crippen molar-refractivity contribution in [3.8, 4) is 22.8 Å². The molecule has 1 aliphatic rings. The molecule has 0 amide bonds. The van der Waals surface area contributed by atoms with Gasteiger partial charge in [0.25, 0.3) is 0 Å². The van der Waals surface area contributed by atoms with Gasteiger partial charge in [-0.15, -0.1) is 0 Å². The van der Waals surface area contributed by atoms with Crippen molar-refractivity contribution in [1.82, 2.24) is 29.9 Å². The summed E-state index contributed by atoms with van der Waals surface area (Å²) in [6.45, 7) is 0.969. The van der Waals surface area contributed by atoms with Crippen LogP contribution in [0.15, 0.2) is 53.5 Å². The number of pyridine rings is 1. The predicted octanol–water partition coefficient (Wildman–Crippen LogP) is 3.08. The first-order chi connectivity index (χ1) is 12.9. The maximum Gasteiger partial charge on any atom is 0.227 e. The summed E-state index contributed by atoms with van der Waals surface area (Å²) in [7, 11) is 0. The van der Waals surface area contributed by atoms with Gasteiger partial charge >= 0.3 is 0 Å². The van der Waals surface area contributed by atoms with Crippen LogP contribution < -0.4 is 5.32 Å². The minimum Gasteiger partial charge on any atom is -0.364 e. The van der Waals surface area contributed by atoms with Gasteiger partial charge in [-0.05, 0) is 31.0 Å². The van der Waals surface area contributed by atoms with Crippen LogP contribution in [0.25, 0.3) is 22.8 Å². The first kappa shape index (κ1) is 14.8. The zero-order chi connectivity index (χ0) is 17.3. The minimum atomic E-state index is 0.527. The number of fused-ring (bicyclic) bond motifs is 1. The Kier molecular flexibility index (Phi) is 3.45. The summed E-state index contributed by atoms with van der Waals surface area (Å²) in [5.74, 6) is 0.527. The number of hydrogen-bond donors (Lipinski definition) is 1. The van der Waals surface area contributed by atoms with E-state index in [-0.39, 0.29) is 0 Å². The van der Waals surface area contributed by atoms with E-state index in [2.05, 4.69) is 30.5 Å². The molecule has 0 fully saturated rings. The molecule has 0 spiro atoms. The normalized spacial score (nSPS) is 12.9. The zero-order valence-electron chi connectivity index (χ0n) is 13.8. The van der Waals surface area contributed by atoms with Gasteiger partial charge in [0.1, 0.15) is 12.0 Å². The lowest BCUT2D eigenvalue weighted by Gasteiger charge is -2.06. The summed E-state index contributed by atoms with van der Waals surface area (Å²) in [4.78, 5) is 13.5. The summed E-state index contributed by atoms with van der Waals surface area (Å²) in [6, 6.07) is 9.33. The summed E-state index contributed by atoms with van der Waals surface area (Å²) >= 11 is 0. The Morgan fingerprint density at radius 2 is 1.88 bits per heavy atom. The van der Waals surface area contributed by atoms with Crippen LogP contribution in [0.1, 0.15) is 12.1 Å². The maximum atomic E-state index is 4.90. The molecule has 0 saturated carbocycles. The molecule has 0 radical (unpaired) electrons. The van der Waals surface area contributed by atoms with Crippen LogP contribution in [0, 0.1) is 0 Å². The third kappa shape index (κ3) is 2.61. The Morgan fingerprint density at radius 3 is 2.77 bits per heavy atom. The number of hydrogen-bond acceptors (Lipinski definition) is 7. The molecule has 4 aromatic heterocycles. The van der Waals surface area contributed by atoms with Crippen molar-refractivity contribution in [3.05, 3.63) is 54.7 Å². The number of aryl methyl sites for hydroxylation is 1. The average Bonchev–Trinajstić information content (AvgIpc) is 3.42. The lowest BCUT2D eigenvalue weighted by molar-refractivity contribution is 0.422. The van der Waals surface area contributed by atoms with E-state index in [1.54, 1.807) is 12.3 Å². The van der Waals surface area contributed by atoms with Crippen LogP contribution in [0.3, 0.4) is 0 Å². The largest absolute Gasteiger partial charge is 0.364 e. The van der Waals surface area contributed by atoms with Gasteiger partial charge in [0.05, 0.1) is 34.7 Å². The highest BCUT2D eigenvalue weighted by Crippen LogP contribution is 2.26. The smallest absolute Gasteiger partial charge is 0.227 e. The van der Waals surface area contributed by atoms with E-state index in [1.165, 1.54) is 12.0 Å². The highest BCUT2D eigenvalue weighted by molar-refractivity contribution is 5.63. The molecule has 128 valence electrons. The Balaban J connectivity index is 1.46. The van der Waals surface area contributed by atoms with Crippen LogP contribution in [0.5, 0.6) is 0 Å². The van der Waals surface area contributed by atoms with E-state index in [9.17, 15) is 0 Å². The van der Waals surface area contributed by atoms with Gasteiger partial charge < -0.3 is 9.84 Å². The SMILES string of the molecule is c1cc(-c2ccon2)nc(-c2ccnc(Nc3cnn4c3CCC4)n2)c1. The summed E-state index contributed by atoms with van der Waals surface area (Å²) < 4.78 is 6.92. The molecular formula is C18H15N7O. The monoisotopic (exact) mass is 345 g/mol. The molecule has 5 rings (SSSR count). The Bertz CT molecular complexity index is 1060. The van der Waals surface area contributed by atoms with E-state index >= 15 is 0 Å². The van der Waals surface area contributed by atoms with Gasteiger partial charge in [-0.3, -0.25) is 4.68 Å².